The van der Waals surface area contributed by atoms with Crippen LogP contribution < -0.4 is 0 Å². The molecule has 2 rings (SSSR count). The van der Waals surface area contributed by atoms with Crippen molar-refractivity contribution in [2.45, 2.75) is 52.4 Å². The Hall–Kier alpha value is -2.55. The maximum atomic E-state index is 12.6. The molecule has 0 aliphatic heterocycles. The Morgan fingerprint density at radius 3 is 1.81 bits per heavy atom. The number of carbonyl (C=O) groups excluding carboxylic acids is 1. The first-order valence-electron chi connectivity index (χ1n) is 9.18. The average molecular weight is 367 g/mol. The lowest BCUT2D eigenvalue weighted by atomic mass is 9.77. The molecule has 1 N–H and O–H groups in total. The van der Waals surface area contributed by atoms with Crippen molar-refractivity contribution in [3.63, 3.8) is 0 Å². The molecule has 0 atom stereocenters. The number of rotatable bonds is 3. The zero-order valence-corrected chi connectivity index (χ0v) is 17.4. The molecule has 0 aromatic heterocycles. The van der Waals surface area contributed by atoms with Gasteiger partial charge in [0.05, 0.1) is 12.7 Å². The second-order valence-electron chi connectivity index (χ2n) is 8.88. The molecule has 2 aromatic carbocycles. The Labute approximate surface area is 162 Å². The Morgan fingerprint density at radius 1 is 0.926 bits per heavy atom. The molecule has 144 valence electrons. The van der Waals surface area contributed by atoms with Crippen LogP contribution in [0.2, 0.25) is 0 Å². The summed E-state index contributed by atoms with van der Waals surface area (Å²) >= 11 is 0. The van der Waals surface area contributed by atoms with E-state index in [0.29, 0.717) is 11.3 Å². The van der Waals surface area contributed by atoms with Gasteiger partial charge in [0.25, 0.3) is 0 Å². The molecular weight excluding hydrogens is 336 g/mol. The van der Waals surface area contributed by atoms with Crippen LogP contribution in [0.3, 0.4) is 0 Å². The summed E-state index contributed by atoms with van der Waals surface area (Å²) in [5.74, 6) is -0.105. The van der Waals surface area contributed by atoms with E-state index in [1.807, 2.05) is 48.5 Å². The van der Waals surface area contributed by atoms with Crippen molar-refractivity contribution in [3.8, 4) is 5.75 Å². The fourth-order valence-corrected chi connectivity index (χ4v) is 3.02. The highest BCUT2D eigenvalue weighted by atomic mass is 16.5. The summed E-state index contributed by atoms with van der Waals surface area (Å²) in [6.45, 7) is 12.3. The summed E-state index contributed by atoms with van der Waals surface area (Å²) < 4.78 is 5.05. The maximum Gasteiger partial charge on any atom is 0.338 e. The van der Waals surface area contributed by atoms with E-state index >= 15 is 0 Å². The van der Waals surface area contributed by atoms with Crippen molar-refractivity contribution in [1.82, 2.24) is 0 Å². The number of hydrogen-bond donors (Lipinski definition) is 1. The van der Waals surface area contributed by atoms with Crippen LogP contribution in [-0.2, 0) is 20.4 Å². The first-order valence-corrected chi connectivity index (χ1v) is 9.18. The molecule has 0 bridgehead atoms. The van der Waals surface area contributed by atoms with Gasteiger partial charge in [0.2, 0.25) is 0 Å². The van der Waals surface area contributed by atoms with Gasteiger partial charge in [-0.2, -0.15) is 0 Å². The summed E-state index contributed by atoms with van der Waals surface area (Å²) in [6.07, 6.45) is 1.83. The quantitative estimate of drug-likeness (QED) is 0.430. The average Bonchev–Trinajstić information content (AvgIpc) is 2.58. The van der Waals surface area contributed by atoms with Crippen LogP contribution in [0.4, 0.5) is 0 Å². The predicted molar refractivity (Wildman–Crippen MR) is 112 cm³/mol. The Kier molecular flexibility index (Phi) is 5.84. The second kappa shape index (κ2) is 7.59. The number of methoxy groups -OCH3 is 1. The summed E-state index contributed by atoms with van der Waals surface area (Å²) in [6, 6.07) is 13.5. The van der Waals surface area contributed by atoms with Crippen molar-refractivity contribution in [2.75, 3.05) is 7.11 Å². The van der Waals surface area contributed by atoms with Crippen LogP contribution in [0.1, 0.15) is 63.8 Å². The van der Waals surface area contributed by atoms with E-state index in [2.05, 4.69) is 41.5 Å². The third-order valence-electron chi connectivity index (χ3n) is 4.55. The molecule has 0 aliphatic carbocycles. The van der Waals surface area contributed by atoms with Crippen LogP contribution in [-0.4, -0.2) is 18.2 Å². The third-order valence-corrected chi connectivity index (χ3v) is 4.55. The van der Waals surface area contributed by atoms with Gasteiger partial charge in [-0.1, -0.05) is 71.9 Å². The van der Waals surface area contributed by atoms with E-state index in [1.165, 1.54) is 7.11 Å². The van der Waals surface area contributed by atoms with Gasteiger partial charge in [0, 0.05) is 11.1 Å². The number of phenolic OH excluding ortho intramolecular Hbond substituents is 1. The summed E-state index contributed by atoms with van der Waals surface area (Å²) in [7, 11) is 1.39. The van der Waals surface area contributed by atoms with Crippen molar-refractivity contribution < 1.29 is 14.6 Å². The highest BCUT2D eigenvalue weighted by Crippen LogP contribution is 2.41. The molecule has 0 unspecified atom stereocenters. The first kappa shape index (κ1) is 20.8. The topological polar surface area (TPSA) is 46.5 Å². The minimum absolute atomic E-state index is 0.270. The normalized spacial score (nSPS) is 12.8. The van der Waals surface area contributed by atoms with Crippen molar-refractivity contribution in [2.24, 2.45) is 0 Å². The van der Waals surface area contributed by atoms with Gasteiger partial charge < -0.3 is 9.84 Å². The lowest BCUT2D eigenvalue weighted by Gasteiger charge is -2.28. The molecule has 27 heavy (non-hydrogen) atoms. The molecule has 0 heterocycles. The van der Waals surface area contributed by atoms with Gasteiger partial charge in [0.15, 0.2) is 0 Å². The van der Waals surface area contributed by atoms with Crippen LogP contribution in [0, 0.1) is 0 Å². The molecule has 3 heteroatoms. The number of carbonyl (C=O) groups is 1. The highest BCUT2D eigenvalue weighted by molar-refractivity contribution is 6.21. The van der Waals surface area contributed by atoms with Gasteiger partial charge in [-0.05, 0) is 40.2 Å². The van der Waals surface area contributed by atoms with E-state index in [0.717, 1.165) is 22.3 Å². The molecule has 3 nitrogen and oxygen atoms in total. The largest absolute Gasteiger partial charge is 0.507 e. The monoisotopic (exact) mass is 366 g/mol. The highest BCUT2D eigenvalue weighted by Gasteiger charge is 2.28. The van der Waals surface area contributed by atoms with Gasteiger partial charge >= 0.3 is 5.97 Å². The maximum absolute atomic E-state index is 12.6. The van der Waals surface area contributed by atoms with E-state index in [4.69, 9.17) is 4.74 Å². The van der Waals surface area contributed by atoms with Crippen LogP contribution >= 0.6 is 0 Å². The minimum atomic E-state index is -0.399. The SMILES string of the molecule is COC(=O)C(=Cc1ccccc1)c1cc(C(C)(C)C)c(O)c(C(C)(C)C)c1. The fourth-order valence-electron chi connectivity index (χ4n) is 3.02. The van der Waals surface area contributed by atoms with Crippen molar-refractivity contribution in [3.05, 3.63) is 64.7 Å². The molecular formula is C24H30O3. The van der Waals surface area contributed by atoms with Crippen molar-refractivity contribution in [1.29, 1.82) is 0 Å². The fraction of sp³-hybridized carbons (Fsp3) is 0.375. The molecule has 0 radical (unpaired) electrons. The number of aromatic hydroxyl groups is 1. The molecule has 0 saturated carbocycles. The number of phenols is 1. The standard InChI is InChI=1S/C24H30O3/c1-23(2,3)19-14-17(15-20(21(19)25)24(4,5)6)18(22(26)27-7)13-16-11-9-8-10-12-16/h8-15,25H,1-7H3. The van der Waals surface area contributed by atoms with Gasteiger partial charge in [-0.15, -0.1) is 0 Å². The summed E-state index contributed by atoms with van der Waals surface area (Å²) in [5, 5.41) is 10.9. The van der Waals surface area contributed by atoms with E-state index in [9.17, 15) is 9.90 Å². The smallest absolute Gasteiger partial charge is 0.338 e. The Morgan fingerprint density at radius 2 is 1.41 bits per heavy atom. The van der Waals surface area contributed by atoms with Crippen LogP contribution in [0.25, 0.3) is 11.6 Å². The number of esters is 1. The molecule has 0 aliphatic rings. The van der Waals surface area contributed by atoms with Gasteiger partial charge in [-0.25, -0.2) is 4.79 Å². The lowest BCUT2D eigenvalue weighted by molar-refractivity contribution is -0.133. The minimum Gasteiger partial charge on any atom is -0.507 e. The van der Waals surface area contributed by atoms with Crippen molar-refractivity contribution >= 4 is 17.6 Å². The lowest BCUT2D eigenvalue weighted by Crippen LogP contribution is -2.18. The summed E-state index contributed by atoms with van der Waals surface area (Å²) in [5.41, 5.74) is 3.22. The van der Waals surface area contributed by atoms with Gasteiger partial charge in [0.1, 0.15) is 5.75 Å². The number of hydrogen-bond acceptors (Lipinski definition) is 3. The molecule has 0 spiro atoms. The zero-order valence-electron chi connectivity index (χ0n) is 17.4. The first-order chi connectivity index (χ1) is 12.4. The second-order valence-corrected chi connectivity index (χ2v) is 8.88. The molecule has 0 fully saturated rings. The molecule has 2 aromatic rings. The van der Waals surface area contributed by atoms with E-state index in [1.54, 1.807) is 0 Å². The summed E-state index contributed by atoms with van der Waals surface area (Å²) in [4.78, 5) is 12.6. The predicted octanol–water partition coefficient (Wildman–Crippen LogP) is 5.70. The van der Waals surface area contributed by atoms with Crippen LogP contribution in [0.5, 0.6) is 5.75 Å². The third kappa shape index (κ3) is 4.79. The van der Waals surface area contributed by atoms with E-state index in [-0.39, 0.29) is 10.8 Å². The molecule has 0 saturated heterocycles. The Bertz CT molecular complexity index is 812. The van der Waals surface area contributed by atoms with E-state index < -0.39 is 5.97 Å². The number of benzene rings is 2. The zero-order chi connectivity index (χ0) is 20.4. The molecule has 0 amide bonds. The van der Waals surface area contributed by atoms with Gasteiger partial charge in [-0.3, -0.25) is 0 Å². The Balaban J connectivity index is 2.80. The van der Waals surface area contributed by atoms with Crippen LogP contribution in [0.15, 0.2) is 42.5 Å². The number of ether oxygens (including phenoxy) is 1.